The molecule has 2 fully saturated rings. The first-order valence-electron chi connectivity index (χ1n) is 9.23. The minimum Gasteiger partial charge on any atom is -0.447 e. The van der Waals surface area contributed by atoms with E-state index in [4.69, 9.17) is 4.74 Å². The highest BCUT2D eigenvalue weighted by molar-refractivity contribution is 5.90. The van der Waals surface area contributed by atoms with Crippen LogP contribution in [0.3, 0.4) is 0 Å². The minimum atomic E-state index is -0.573. The zero-order chi connectivity index (χ0) is 19.9. The lowest BCUT2D eigenvalue weighted by molar-refractivity contribution is 0.111. The molecule has 2 heterocycles. The average molecular weight is 384 g/mol. The Morgan fingerprint density at radius 3 is 2.86 bits per heavy atom. The first-order chi connectivity index (χ1) is 13.4. The number of carbonyl (C=O) groups excluding carboxylic acids is 2. The summed E-state index contributed by atoms with van der Waals surface area (Å²) in [4.78, 5) is 33.4. The summed E-state index contributed by atoms with van der Waals surface area (Å²) in [5, 5.41) is 3.12. The molecule has 1 aliphatic heterocycles. The number of aromatic nitrogens is 2. The Labute approximate surface area is 161 Å². The van der Waals surface area contributed by atoms with E-state index in [1.165, 1.54) is 12.1 Å². The molecule has 1 aromatic heterocycles. The van der Waals surface area contributed by atoms with Crippen LogP contribution in [-0.4, -0.2) is 34.5 Å². The molecule has 1 aliphatic carbocycles. The Balaban J connectivity index is 1.56. The van der Waals surface area contributed by atoms with E-state index in [9.17, 15) is 14.0 Å². The Kier molecular flexibility index (Phi) is 4.49. The standard InChI is InChI=1S/C20H21FN4O3/c1-12(13-3-4-14(10-26)16(21)9-13)23-18-22-8-7-17(24-18)25-19(27)28-11-20(25,2)15-5-6-15/h3-4,7-10,12,15H,5-6,11H2,1-2H3,(H,22,23,24)/t12-,20?/m0/s1. The predicted molar refractivity (Wildman–Crippen MR) is 101 cm³/mol. The van der Waals surface area contributed by atoms with E-state index in [-0.39, 0.29) is 11.6 Å². The summed E-state index contributed by atoms with van der Waals surface area (Å²) in [6.07, 6.45) is 3.79. The van der Waals surface area contributed by atoms with Crippen LogP contribution < -0.4 is 10.2 Å². The van der Waals surface area contributed by atoms with E-state index in [0.717, 1.165) is 12.8 Å². The lowest BCUT2D eigenvalue weighted by Gasteiger charge is -2.31. The van der Waals surface area contributed by atoms with Crippen molar-refractivity contribution in [3.05, 3.63) is 47.4 Å². The Hall–Kier alpha value is -3.03. The number of hydrogen-bond donors (Lipinski definition) is 1. The number of nitrogens with zero attached hydrogens (tertiary/aromatic N) is 3. The summed E-state index contributed by atoms with van der Waals surface area (Å²) in [6.45, 7) is 4.20. The fourth-order valence-electron chi connectivity index (χ4n) is 3.63. The van der Waals surface area contributed by atoms with Crippen LogP contribution >= 0.6 is 0 Å². The Morgan fingerprint density at radius 1 is 1.39 bits per heavy atom. The van der Waals surface area contributed by atoms with Crippen molar-refractivity contribution < 1.29 is 18.7 Å². The summed E-state index contributed by atoms with van der Waals surface area (Å²) < 4.78 is 19.2. The molecule has 1 saturated carbocycles. The van der Waals surface area contributed by atoms with Crippen LogP contribution in [0, 0.1) is 11.7 Å². The van der Waals surface area contributed by atoms with Crippen LogP contribution in [0.5, 0.6) is 0 Å². The lowest BCUT2D eigenvalue weighted by atomic mass is 9.96. The van der Waals surface area contributed by atoms with Crippen molar-refractivity contribution in [2.45, 2.75) is 38.3 Å². The number of nitrogens with one attached hydrogen (secondary N) is 1. The number of cyclic esters (lactones) is 1. The fourth-order valence-corrected chi connectivity index (χ4v) is 3.63. The molecule has 0 radical (unpaired) electrons. The molecule has 1 amide bonds. The molecule has 4 rings (SSSR count). The number of halogens is 1. The number of anilines is 2. The first kappa shape index (κ1) is 18.3. The zero-order valence-corrected chi connectivity index (χ0v) is 15.7. The third-order valence-electron chi connectivity index (χ3n) is 5.51. The van der Waals surface area contributed by atoms with Crippen molar-refractivity contribution >= 4 is 24.1 Å². The molecular weight excluding hydrogens is 363 g/mol. The molecule has 28 heavy (non-hydrogen) atoms. The van der Waals surface area contributed by atoms with Gasteiger partial charge in [0.05, 0.1) is 17.1 Å². The van der Waals surface area contributed by atoms with Gasteiger partial charge in [-0.25, -0.2) is 14.2 Å². The number of amides is 1. The topological polar surface area (TPSA) is 84.4 Å². The van der Waals surface area contributed by atoms with Crippen molar-refractivity contribution in [1.82, 2.24) is 9.97 Å². The van der Waals surface area contributed by atoms with E-state index >= 15 is 0 Å². The number of carbonyl (C=O) groups is 2. The second-order valence-electron chi connectivity index (χ2n) is 7.52. The summed E-state index contributed by atoms with van der Waals surface area (Å²) in [5.41, 5.74) is 0.267. The third-order valence-corrected chi connectivity index (χ3v) is 5.51. The molecule has 1 N–H and O–H groups in total. The van der Waals surface area contributed by atoms with Gasteiger partial charge in [0.25, 0.3) is 0 Å². The van der Waals surface area contributed by atoms with Gasteiger partial charge in [0.1, 0.15) is 18.2 Å². The highest BCUT2D eigenvalue weighted by atomic mass is 19.1. The monoisotopic (exact) mass is 384 g/mol. The van der Waals surface area contributed by atoms with Crippen LogP contribution in [0.1, 0.15) is 48.7 Å². The van der Waals surface area contributed by atoms with Gasteiger partial charge >= 0.3 is 6.09 Å². The molecule has 8 heteroatoms. The normalized spacial score (nSPS) is 22.7. The summed E-state index contributed by atoms with van der Waals surface area (Å²) in [6, 6.07) is 5.81. The smallest absolute Gasteiger partial charge is 0.416 e. The highest BCUT2D eigenvalue weighted by Gasteiger charge is 2.54. The molecule has 7 nitrogen and oxygen atoms in total. The van der Waals surface area contributed by atoms with E-state index in [1.54, 1.807) is 23.2 Å². The van der Waals surface area contributed by atoms with Gasteiger partial charge in [0.15, 0.2) is 6.29 Å². The minimum absolute atomic E-state index is 0.0149. The fraction of sp³-hybridized carbons (Fsp3) is 0.400. The molecule has 1 aromatic carbocycles. The molecule has 146 valence electrons. The van der Waals surface area contributed by atoms with Crippen LogP contribution in [-0.2, 0) is 4.74 Å². The maximum Gasteiger partial charge on any atom is 0.416 e. The summed E-state index contributed by atoms with van der Waals surface area (Å²) in [7, 11) is 0. The van der Waals surface area contributed by atoms with Crippen molar-refractivity contribution in [3.8, 4) is 0 Å². The SMILES string of the molecule is C[C@H](Nc1nccc(N2C(=O)OCC2(C)C2CC2)n1)c1ccc(C=O)c(F)c1. The number of rotatable bonds is 6. The van der Waals surface area contributed by atoms with Gasteiger partial charge in [-0.2, -0.15) is 4.98 Å². The number of hydrogen-bond acceptors (Lipinski definition) is 6. The Bertz CT molecular complexity index is 933. The number of aldehydes is 1. The van der Waals surface area contributed by atoms with Gasteiger partial charge in [0, 0.05) is 6.20 Å². The van der Waals surface area contributed by atoms with Gasteiger partial charge in [-0.1, -0.05) is 6.07 Å². The van der Waals surface area contributed by atoms with Crippen molar-refractivity contribution in [2.75, 3.05) is 16.8 Å². The van der Waals surface area contributed by atoms with Crippen molar-refractivity contribution in [2.24, 2.45) is 5.92 Å². The quantitative estimate of drug-likeness (QED) is 0.764. The first-order valence-corrected chi connectivity index (χ1v) is 9.23. The van der Waals surface area contributed by atoms with Crippen molar-refractivity contribution in [1.29, 1.82) is 0 Å². The van der Waals surface area contributed by atoms with Crippen LogP contribution in [0.4, 0.5) is 21.0 Å². The van der Waals surface area contributed by atoms with Crippen LogP contribution in [0.15, 0.2) is 30.5 Å². The van der Waals surface area contributed by atoms with E-state index < -0.39 is 17.4 Å². The lowest BCUT2D eigenvalue weighted by Crippen LogP contribution is -2.47. The predicted octanol–water partition coefficient (Wildman–Crippen LogP) is 3.73. The highest BCUT2D eigenvalue weighted by Crippen LogP contribution is 2.47. The Morgan fingerprint density at radius 2 is 2.18 bits per heavy atom. The number of ether oxygens (including phenoxy) is 1. The van der Waals surface area contributed by atoms with Crippen molar-refractivity contribution in [3.63, 3.8) is 0 Å². The largest absolute Gasteiger partial charge is 0.447 e. The molecule has 2 aliphatic rings. The van der Waals surface area contributed by atoms with Crippen LogP contribution in [0.2, 0.25) is 0 Å². The molecule has 2 aromatic rings. The summed E-state index contributed by atoms with van der Waals surface area (Å²) in [5.74, 6) is 0.631. The van der Waals surface area contributed by atoms with Gasteiger partial charge in [-0.3, -0.25) is 9.69 Å². The second kappa shape index (κ2) is 6.85. The van der Waals surface area contributed by atoms with E-state index in [2.05, 4.69) is 15.3 Å². The van der Waals surface area contributed by atoms with Gasteiger partial charge in [-0.05, 0) is 56.4 Å². The van der Waals surface area contributed by atoms with E-state index in [1.807, 2.05) is 13.8 Å². The van der Waals surface area contributed by atoms with Gasteiger partial charge in [0.2, 0.25) is 5.95 Å². The molecule has 0 bridgehead atoms. The zero-order valence-electron chi connectivity index (χ0n) is 15.7. The average Bonchev–Trinajstić information content (AvgIpc) is 3.48. The maximum atomic E-state index is 13.9. The van der Waals surface area contributed by atoms with Gasteiger partial charge < -0.3 is 10.1 Å². The number of benzene rings is 1. The maximum absolute atomic E-state index is 13.9. The summed E-state index contributed by atoms with van der Waals surface area (Å²) >= 11 is 0. The molecule has 0 spiro atoms. The van der Waals surface area contributed by atoms with E-state index in [0.29, 0.717) is 36.1 Å². The molecule has 2 atom stereocenters. The molecular formula is C20H21FN4O3. The molecule has 1 saturated heterocycles. The van der Waals surface area contributed by atoms with Crippen LogP contribution in [0.25, 0.3) is 0 Å². The molecule has 1 unspecified atom stereocenters. The third kappa shape index (κ3) is 3.19. The second-order valence-corrected chi connectivity index (χ2v) is 7.52. The van der Waals surface area contributed by atoms with Gasteiger partial charge in [-0.15, -0.1) is 0 Å².